The second-order valence-electron chi connectivity index (χ2n) is 6.44. The quantitative estimate of drug-likeness (QED) is 0.863. The molecule has 3 heterocycles. The van der Waals surface area contributed by atoms with Crippen molar-refractivity contribution in [3.05, 3.63) is 23.9 Å². The SMILES string of the molecule is CCC(=O)N1CCN(c2ncccc2C(=O)NC[C@H]2CCCO2)CC1. The molecular formula is C18H26N4O3. The summed E-state index contributed by atoms with van der Waals surface area (Å²) in [5.74, 6) is 0.747. The Balaban J connectivity index is 1.62. The fraction of sp³-hybridized carbons (Fsp3) is 0.611. The molecule has 2 saturated heterocycles. The molecule has 0 spiro atoms. The fourth-order valence-electron chi connectivity index (χ4n) is 3.32. The molecule has 1 aromatic rings. The zero-order chi connectivity index (χ0) is 17.6. The van der Waals surface area contributed by atoms with Crippen LogP contribution in [0.15, 0.2) is 18.3 Å². The molecule has 0 aromatic carbocycles. The van der Waals surface area contributed by atoms with E-state index in [0.717, 1.165) is 19.4 Å². The van der Waals surface area contributed by atoms with Crippen molar-refractivity contribution >= 4 is 17.6 Å². The van der Waals surface area contributed by atoms with Gasteiger partial charge in [0.25, 0.3) is 5.91 Å². The summed E-state index contributed by atoms with van der Waals surface area (Å²) in [5.41, 5.74) is 0.579. The highest BCUT2D eigenvalue weighted by Gasteiger charge is 2.25. The van der Waals surface area contributed by atoms with Gasteiger partial charge in [0.1, 0.15) is 5.82 Å². The number of piperazine rings is 1. The van der Waals surface area contributed by atoms with E-state index in [-0.39, 0.29) is 17.9 Å². The number of amides is 2. The summed E-state index contributed by atoms with van der Waals surface area (Å²) < 4.78 is 5.55. The molecule has 0 saturated carbocycles. The van der Waals surface area contributed by atoms with Crippen molar-refractivity contribution in [3.8, 4) is 0 Å². The lowest BCUT2D eigenvalue weighted by atomic mass is 10.2. The van der Waals surface area contributed by atoms with Gasteiger partial charge < -0.3 is 19.9 Å². The summed E-state index contributed by atoms with van der Waals surface area (Å²) in [6.45, 7) is 5.90. The van der Waals surface area contributed by atoms with E-state index in [2.05, 4.69) is 15.2 Å². The number of pyridine rings is 1. The number of ether oxygens (including phenoxy) is 1. The largest absolute Gasteiger partial charge is 0.376 e. The minimum absolute atomic E-state index is 0.118. The van der Waals surface area contributed by atoms with E-state index in [9.17, 15) is 9.59 Å². The zero-order valence-electron chi connectivity index (χ0n) is 14.7. The van der Waals surface area contributed by atoms with Crippen LogP contribution in [0.25, 0.3) is 0 Å². The molecule has 2 fully saturated rings. The van der Waals surface area contributed by atoms with Gasteiger partial charge in [-0.15, -0.1) is 0 Å². The van der Waals surface area contributed by atoms with Gasteiger partial charge in [-0.25, -0.2) is 4.98 Å². The Morgan fingerprint density at radius 2 is 2.12 bits per heavy atom. The molecule has 3 rings (SSSR count). The predicted molar refractivity (Wildman–Crippen MR) is 94.6 cm³/mol. The summed E-state index contributed by atoms with van der Waals surface area (Å²) in [6.07, 6.45) is 4.40. The van der Waals surface area contributed by atoms with Crippen molar-refractivity contribution < 1.29 is 14.3 Å². The number of carbonyl (C=O) groups is 2. The summed E-state index contributed by atoms with van der Waals surface area (Å²) in [4.78, 5) is 32.8. The maximum absolute atomic E-state index is 12.6. The lowest BCUT2D eigenvalue weighted by Gasteiger charge is -2.36. The van der Waals surface area contributed by atoms with Crippen LogP contribution in [-0.2, 0) is 9.53 Å². The summed E-state index contributed by atoms with van der Waals surface area (Å²) >= 11 is 0. The molecule has 0 aliphatic carbocycles. The lowest BCUT2D eigenvalue weighted by Crippen LogP contribution is -2.49. The number of anilines is 1. The molecule has 2 amide bonds. The normalized spacial score (nSPS) is 20.6. The number of nitrogens with zero attached hydrogens (tertiary/aromatic N) is 3. The van der Waals surface area contributed by atoms with E-state index in [1.54, 1.807) is 18.3 Å². The number of nitrogens with one attached hydrogen (secondary N) is 1. The van der Waals surface area contributed by atoms with Gasteiger partial charge in [0.15, 0.2) is 0 Å². The molecule has 136 valence electrons. The molecule has 2 aliphatic heterocycles. The van der Waals surface area contributed by atoms with E-state index in [1.165, 1.54) is 0 Å². The first-order valence-electron chi connectivity index (χ1n) is 9.06. The molecule has 7 heteroatoms. The van der Waals surface area contributed by atoms with Gasteiger partial charge in [0.2, 0.25) is 5.91 Å². The molecule has 0 unspecified atom stereocenters. The first kappa shape index (κ1) is 17.7. The molecule has 1 N–H and O–H groups in total. The van der Waals surface area contributed by atoms with Crippen molar-refractivity contribution in [3.63, 3.8) is 0 Å². The monoisotopic (exact) mass is 346 g/mol. The maximum Gasteiger partial charge on any atom is 0.255 e. The van der Waals surface area contributed by atoms with Gasteiger partial charge in [-0.05, 0) is 25.0 Å². The van der Waals surface area contributed by atoms with E-state index >= 15 is 0 Å². The molecule has 25 heavy (non-hydrogen) atoms. The van der Waals surface area contributed by atoms with Crippen molar-refractivity contribution in [1.29, 1.82) is 0 Å². The van der Waals surface area contributed by atoms with Gasteiger partial charge >= 0.3 is 0 Å². The van der Waals surface area contributed by atoms with Crippen LogP contribution < -0.4 is 10.2 Å². The van der Waals surface area contributed by atoms with Crippen LogP contribution in [0, 0.1) is 0 Å². The van der Waals surface area contributed by atoms with Gasteiger partial charge in [-0.3, -0.25) is 9.59 Å². The van der Waals surface area contributed by atoms with Crippen molar-refractivity contribution in [2.45, 2.75) is 32.3 Å². The minimum Gasteiger partial charge on any atom is -0.376 e. The first-order valence-corrected chi connectivity index (χ1v) is 9.06. The number of carbonyl (C=O) groups excluding carboxylic acids is 2. The van der Waals surface area contributed by atoms with E-state index < -0.39 is 0 Å². The third kappa shape index (κ3) is 4.28. The zero-order valence-corrected chi connectivity index (χ0v) is 14.7. The van der Waals surface area contributed by atoms with Crippen molar-refractivity contribution in [1.82, 2.24) is 15.2 Å². The Labute approximate surface area is 148 Å². The van der Waals surface area contributed by atoms with Crippen LogP contribution in [0.3, 0.4) is 0 Å². The van der Waals surface area contributed by atoms with Crippen LogP contribution in [-0.4, -0.2) is 67.1 Å². The smallest absolute Gasteiger partial charge is 0.255 e. The lowest BCUT2D eigenvalue weighted by molar-refractivity contribution is -0.131. The third-order valence-corrected chi connectivity index (χ3v) is 4.78. The summed E-state index contributed by atoms with van der Waals surface area (Å²) in [6, 6.07) is 3.58. The van der Waals surface area contributed by atoms with Gasteiger partial charge in [-0.1, -0.05) is 6.92 Å². The van der Waals surface area contributed by atoms with Crippen LogP contribution in [0.5, 0.6) is 0 Å². The van der Waals surface area contributed by atoms with Gasteiger partial charge in [0.05, 0.1) is 11.7 Å². The van der Waals surface area contributed by atoms with Crippen LogP contribution in [0.4, 0.5) is 5.82 Å². The Kier molecular flexibility index (Phi) is 5.86. The predicted octanol–water partition coefficient (Wildman–Crippen LogP) is 1.05. The highest BCUT2D eigenvalue weighted by Crippen LogP contribution is 2.19. The van der Waals surface area contributed by atoms with Crippen molar-refractivity contribution in [2.75, 3.05) is 44.2 Å². The van der Waals surface area contributed by atoms with E-state index in [1.807, 2.05) is 11.8 Å². The van der Waals surface area contributed by atoms with Crippen LogP contribution in [0.1, 0.15) is 36.5 Å². The molecule has 2 aliphatic rings. The Hall–Kier alpha value is -2.15. The Morgan fingerprint density at radius 3 is 2.80 bits per heavy atom. The second kappa shape index (κ2) is 8.29. The standard InChI is InChI=1S/C18H26N4O3/c1-2-16(23)21-8-10-22(11-9-21)17-15(6-3-7-19-17)18(24)20-13-14-5-4-12-25-14/h3,6-7,14H,2,4-5,8-13H2,1H3,(H,20,24)/t14-/m1/s1. The minimum atomic E-state index is -0.120. The second-order valence-corrected chi connectivity index (χ2v) is 6.44. The maximum atomic E-state index is 12.6. The third-order valence-electron chi connectivity index (χ3n) is 4.78. The molecule has 1 atom stereocenters. The van der Waals surface area contributed by atoms with E-state index in [4.69, 9.17) is 4.74 Å². The average molecular weight is 346 g/mol. The highest BCUT2D eigenvalue weighted by molar-refractivity contribution is 5.98. The Bertz CT molecular complexity index is 608. The number of hydrogen-bond acceptors (Lipinski definition) is 5. The van der Waals surface area contributed by atoms with Crippen LogP contribution >= 0.6 is 0 Å². The van der Waals surface area contributed by atoms with Gasteiger partial charge in [-0.2, -0.15) is 0 Å². The molecule has 0 radical (unpaired) electrons. The Morgan fingerprint density at radius 1 is 1.32 bits per heavy atom. The number of aromatic nitrogens is 1. The molecule has 1 aromatic heterocycles. The van der Waals surface area contributed by atoms with Gasteiger partial charge in [0, 0.05) is 51.9 Å². The summed E-state index contributed by atoms with van der Waals surface area (Å²) in [5, 5.41) is 2.96. The number of hydrogen-bond donors (Lipinski definition) is 1. The summed E-state index contributed by atoms with van der Waals surface area (Å²) in [7, 11) is 0. The average Bonchev–Trinajstić information content (AvgIpc) is 3.19. The molecule has 0 bridgehead atoms. The first-order chi connectivity index (χ1) is 12.2. The van der Waals surface area contributed by atoms with E-state index in [0.29, 0.717) is 50.5 Å². The molecular weight excluding hydrogens is 320 g/mol. The fourth-order valence-corrected chi connectivity index (χ4v) is 3.32. The topological polar surface area (TPSA) is 74.8 Å². The van der Waals surface area contributed by atoms with Crippen LogP contribution in [0.2, 0.25) is 0 Å². The highest BCUT2D eigenvalue weighted by atomic mass is 16.5. The van der Waals surface area contributed by atoms with Crippen molar-refractivity contribution in [2.24, 2.45) is 0 Å². The molecule has 7 nitrogen and oxygen atoms in total. The number of rotatable bonds is 5.